The van der Waals surface area contributed by atoms with E-state index in [4.69, 9.17) is 38.2 Å². The van der Waals surface area contributed by atoms with Gasteiger partial charge in [0.2, 0.25) is 0 Å². The predicted octanol–water partition coefficient (Wildman–Crippen LogP) is 5.47. The third kappa shape index (κ3) is 3.03. The molecule has 0 amide bonds. The number of rotatable bonds is 3. The number of aromatic amines is 1. The molecule has 9 heteroatoms. The summed E-state index contributed by atoms with van der Waals surface area (Å²) in [5.74, 6) is 1.61. The van der Waals surface area contributed by atoms with E-state index in [9.17, 15) is 0 Å². The molecule has 0 unspecified atom stereocenters. The van der Waals surface area contributed by atoms with Crippen molar-refractivity contribution < 1.29 is 4.74 Å². The molecule has 0 fully saturated rings. The van der Waals surface area contributed by atoms with Crippen LogP contribution in [-0.2, 0) is 0 Å². The van der Waals surface area contributed by atoms with E-state index in [0.717, 1.165) is 28.2 Å². The molecule has 1 aliphatic rings. The largest absolute Gasteiger partial charge is 0.479 e. The Labute approximate surface area is 181 Å². The van der Waals surface area contributed by atoms with Crippen molar-refractivity contribution in [2.75, 3.05) is 11.9 Å². The van der Waals surface area contributed by atoms with Gasteiger partial charge in [0.15, 0.2) is 6.61 Å². The number of nitrogens with one attached hydrogen (secondary N) is 2. The van der Waals surface area contributed by atoms with E-state index < -0.39 is 0 Å². The van der Waals surface area contributed by atoms with Crippen LogP contribution in [0.5, 0.6) is 5.75 Å². The van der Waals surface area contributed by atoms with Crippen molar-refractivity contribution in [1.82, 2.24) is 19.9 Å². The molecular weight excluding hydrogens is 423 g/mol. The molecule has 3 aromatic heterocycles. The van der Waals surface area contributed by atoms with Gasteiger partial charge in [-0.1, -0.05) is 23.2 Å². The highest BCUT2D eigenvalue weighted by atomic mass is 35.5. The maximum absolute atomic E-state index is 8.70. The lowest BCUT2D eigenvalue weighted by molar-refractivity contribution is 0.368. The molecule has 0 bridgehead atoms. The number of ether oxygens (including phenoxy) is 1. The molecule has 146 valence electrons. The molecule has 0 aliphatic carbocycles. The number of fused-ring (bicyclic) bond motifs is 5. The summed E-state index contributed by atoms with van der Waals surface area (Å²) < 4.78 is 5.31. The summed E-state index contributed by atoms with van der Waals surface area (Å²) in [6, 6.07) is 10.8. The normalized spacial score (nSPS) is 11.4. The van der Waals surface area contributed by atoms with E-state index in [0.29, 0.717) is 33.0 Å². The Balaban J connectivity index is 1.71. The molecule has 0 spiro atoms. The molecule has 0 saturated carbocycles. The summed E-state index contributed by atoms with van der Waals surface area (Å²) in [5.41, 5.74) is 4.63. The summed E-state index contributed by atoms with van der Waals surface area (Å²) in [5, 5.41) is 12.7. The van der Waals surface area contributed by atoms with Crippen molar-refractivity contribution in [2.24, 2.45) is 0 Å². The van der Waals surface area contributed by atoms with E-state index in [2.05, 4.69) is 20.3 Å². The molecule has 0 radical (unpaired) electrons. The van der Waals surface area contributed by atoms with Crippen molar-refractivity contribution in [1.29, 1.82) is 5.26 Å². The van der Waals surface area contributed by atoms with Crippen molar-refractivity contribution in [2.45, 2.75) is 0 Å². The fourth-order valence-corrected chi connectivity index (χ4v) is 4.04. The molecule has 7 nitrogen and oxygen atoms in total. The average Bonchev–Trinajstić information content (AvgIpc) is 3.12. The van der Waals surface area contributed by atoms with Gasteiger partial charge in [-0.05, 0) is 30.3 Å². The number of imidazole rings is 1. The minimum Gasteiger partial charge on any atom is -0.479 e. The maximum atomic E-state index is 8.70. The summed E-state index contributed by atoms with van der Waals surface area (Å²) >= 11 is 13.0. The minimum atomic E-state index is -0.0946. The second kappa shape index (κ2) is 7.34. The lowest BCUT2D eigenvalue weighted by Gasteiger charge is -2.09. The standard InChI is InChI=1S/C21H12Cl2N6O/c22-14-8-11(30-7-4-24)9-15(23)17(14)21-28-18-12-3-6-25-10-16(12)27-20-13(19(18)29-21)2-1-5-26-20/h1-3,5-6,8-10H,7H2,(H,26,27)(H,28,29). The molecule has 1 aliphatic heterocycles. The minimum absolute atomic E-state index is 0.0946. The Morgan fingerprint density at radius 2 is 1.93 bits per heavy atom. The number of anilines is 2. The van der Waals surface area contributed by atoms with Gasteiger partial charge >= 0.3 is 0 Å². The Bertz CT molecular complexity index is 1240. The van der Waals surface area contributed by atoms with Gasteiger partial charge in [0.05, 0.1) is 33.2 Å². The van der Waals surface area contributed by atoms with Crippen LogP contribution in [0.15, 0.2) is 48.9 Å². The topological polar surface area (TPSA) is 99.5 Å². The quantitative estimate of drug-likeness (QED) is 0.390. The summed E-state index contributed by atoms with van der Waals surface area (Å²) in [4.78, 5) is 16.8. The number of H-pyrrole nitrogens is 1. The number of halogens is 2. The van der Waals surface area contributed by atoms with Gasteiger partial charge in [0.25, 0.3) is 0 Å². The maximum Gasteiger partial charge on any atom is 0.174 e. The number of nitrogens with zero attached hydrogens (tertiary/aromatic N) is 4. The summed E-state index contributed by atoms with van der Waals surface area (Å²) in [7, 11) is 0. The Morgan fingerprint density at radius 1 is 1.10 bits per heavy atom. The number of hydrogen-bond acceptors (Lipinski definition) is 6. The van der Waals surface area contributed by atoms with Crippen molar-refractivity contribution in [3.63, 3.8) is 0 Å². The van der Waals surface area contributed by atoms with Gasteiger partial charge in [-0.15, -0.1) is 0 Å². The first-order valence-corrected chi connectivity index (χ1v) is 9.67. The highest BCUT2D eigenvalue weighted by molar-refractivity contribution is 6.39. The first-order chi connectivity index (χ1) is 14.7. The molecule has 4 heterocycles. The van der Waals surface area contributed by atoms with Crippen LogP contribution in [0.3, 0.4) is 0 Å². The van der Waals surface area contributed by atoms with Crippen molar-refractivity contribution in [3.8, 4) is 45.7 Å². The van der Waals surface area contributed by atoms with Gasteiger partial charge in [0, 0.05) is 23.5 Å². The van der Waals surface area contributed by atoms with E-state index >= 15 is 0 Å². The lowest BCUT2D eigenvalue weighted by Crippen LogP contribution is -1.96. The first-order valence-electron chi connectivity index (χ1n) is 8.91. The smallest absolute Gasteiger partial charge is 0.174 e. The molecule has 0 saturated heterocycles. The molecule has 4 aromatic rings. The van der Waals surface area contributed by atoms with Crippen LogP contribution in [0.25, 0.3) is 33.9 Å². The highest BCUT2D eigenvalue weighted by Crippen LogP contribution is 2.44. The third-order valence-corrected chi connectivity index (χ3v) is 5.26. The van der Waals surface area contributed by atoms with Gasteiger partial charge in [-0.3, -0.25) is 4.98 Å². The number of aromatic nitrogens is 4. The van der Waals surface area contributed by atoms with Crippen molar-refractivity contribution >= 4 is 34.7 Å². The SMILES string of the molecule is N#CCOc1cc(Cl)c(-c2nc3c([nH]2)-c2ccncc2Nc2ncccc2-3)c(Cl)c1. The third-order valence-electron chi connectivity index (χ3n) is 4.67. The van der Waals surface area contributed by atoms with Gasteiger partial charge in [-0.2, -0.15) is 5.26 Å². The van der Waals surface area contributed by atoms with E-state index in [1.54, 1.807) is 30.7 Å². The first kappa shape index (κ1) is 18.4. The second-order valence-electron chi connectivity index (χ2n) is 6.46. The van der Waals surface area contributed by atoms with Crippen LogP contribution in [0.2, 0.25) is 10.0 Å². The molecular formula is C21H12Cl2N6O. The Kier molecular flexibility index (Phi) is 4.51. The Hall–Kier alpha value is -3.60. The van der Waals surface area contributed by atoms with Crippen LogP contribution in [0.4, 0.5) is 11.5 Å². The summed E-state index contributed by atoms with van der Waals surface area (Å²) in [6.45, 7) is -0.0946. The van der Waals surface area contributed by atoms with Crippen molar-refractivity contribution in [3.05, 3.63) is 59.0 Å². The van der Waals surface area contributed by atoms with Crippen LogP contribution in [-0.4, -0.2) is 26.5 Å². The molecule has 5 rings (SSSR count). The van der Waals surface area contributed by atoms with Crippen LogP contribution >= 0.6 is 23.2 Å². The lowest BCUT2D eigenvalue weighted by atomic mass is 10.1. The zero-order valence-corrected chi connectivity index (χ0v) is 16.8. The second-order valence-corrected chi connectivity index (χ2v) is 7.28. The van der Waals surface area contributed by atoms with Gasteiger partial charge in [0.1, 0.15) is 29.2 Å². The number of nitriles is 1. The summed E-state index contributed by atoms with van der Waals surface area (Å²) in [6.07, 6.45) is 5.17. The zero-order chi connectivity index (χ0) is 20.7. The number of pyridine rings is 2. The zero-order valence-electron chi connectivity index (χ0n) is 15.3. The average molecular weight is 435 g/mol. The van der Waals surface area contributed by atoms with Gasteiger partial charge in [-0.25, -0.2) is 9.97 Å². The molecule has 1 aromatic carbocycles. The molecule has 2 N–H and O–H groups in total. The van der Waals surface area contributed by atoms with Crippen LogP contribution in [0, 0.1) is 11.3 Å². The number of benzene rings is 1. The van der Waals surface area contributed by atoms with E-state index in [1.807, 2.05) is 24.3 Å². The Morgan fingerprint density at radius 3 is 2.73 bits per heavy atom. The molecule has 0 atom stereocenters. The van der Waals surface area contributed by atoms with Gasteiger partial charge < -0.3 is 15.0 Å². The molecule has 30 heavy (non-hydrogen) atoms. The fraction of sp³-hybridized carbons (Fsp3) is 0.0476. The monoisotopic (exact) mass is 434 g/mol. The number of hydrogen-bond donors (Lipinski definition) is 2. The van der Waals surface area contributed by atoms with E-state index in [1.165, 1.54) is 0 Å². The fourth-order valence-electron chi connectivity index (χ4n) is 3.39. The van der Waals surface area contributed by atoms with Crippen LogP contribution < -0.4 is 10.1 Å². The van der Waals surface area contributed by atoms with E-state index in [-0.39, 0.29) is 6.61 Å². The highest BCUT2D eigenvalue weighted by Gasteiger charge is 2.25. The predicted molar refractivity (Wildman–Crippen MR) is 115 cm³/mol. The van der Waals surface area contributed by atoms with Crippen LogP contribution in [0.1, 0.15) is 0 Å².